The molecule has 4 aliphatic rings. The number of ether oxygens (including phenoxy) is 6. The van der Waals surface area contributed by atoms with Gasteiger partial charge in [0, 0.05) is 12.5 Å². The highest BCUT2D eigenvalue weighted by molar-refractivity contribution is 5.46. The molecule has 2 fully saturated rings. The van der Waals surface area contributed by atoms with Gasteiger partial charge in [-0.15, -0.1) is 0 Å². The molecule has 6 heteroatoms. The Morgan fingerprint density at radius 3 is 1.89 bits per heavy atom. The van der Waals surface area contributed by atoms with Crippen LogP contribution < -0.4 is 18.9 Å². The summed E-state index contributed by atoms with van der Waals surface area (Å²) in [5.74, 6) is 3.93. The molecule has 0 saturated carbocycles. The van der Waals surface area contributed by atoms with Crippen LogP contribution in [0.15, 0.2) is 36.4 Å². The third kappa shape index (κ3) is 2.47. The molecule has 0 spiro atoms. The molecule has 2 aromatic rings. The molecule has 4 atom stereocenters. The first kappa shape index (κ1) is 15.6. The molecule has 6 rings (SSSR count). The quantitative estimate of drug-likeness (QED) is 0.807. The Balaban J connectivity index is 1.28. The third-order valence-electron chi connectivity index (χ3n) is 5.99. The maximum atomic E-state index is 6.26. The lowest BCUT2D eigenvalue weighted by Gasteiger charge is -2.35. The van der Waals surface area contributed by atoms with Crippen LogP contribution in [-0.4, -0.2) is 26.8 Å². The van der Waals surface area contributed by atoms with E-state index in [0.29, 0.717) is 18.4 Å². The molecule has 0 N–H and O–H groups in total. The van der Waals surface area contributed by atoms with Crippen molar-refractivity contribution in [2.45, 2.75) is 18.6 Å². The molecule has 2 unspecified atom stereocenters. The van der Waals surface area contributed by atoms with Gasteiger partial charge < -0.3 is 28.4 Å². The van der Waals surface area contributed by atoms with Crippen molar-refractivity contribution in [1.82, 2.24) is 0 Å². The van der Waals surface area contributed by atoms with Crippen LogP contribution in [0.4, 0.5) is 0 Å². The minimum absolute atomic E-state index is 0.0114. The van der Waals surface area contributed by atoms with Gasteiger partial charge >= 0.3 is 0 Å². The van der Waals surface area contributed by atoms with E-state index in [1.165, 1.54) is 0 Å². The lowest BCUT2D eigenvalue weighted by molar-refractivity contribution is -0.0472. The van der Waals surface area contributed by atoms with Crippen LogP contribution in [0.3, 0.4) is 0 Å². The van der Waals surface area contributed by atoms with Gasteiger partial charge in [-0.3, -0.25) is 0 Å². The van der Waals surface area contributed by atoms with Crippen LogP contribution in [0.1, 0.15) is 29.8 Å². The van der Waals surface area contributed by atoms with E-state index < -0.39 is 0 Å². The van der Waals surface area contributed by atoms with E-state index in [1.807, 2.05) is 18.2 Å². The maximum Gasteiger partial charge on any atom is 0.231 e. The summed E-state index contributed by atoms with van der Waals surface area (Å²) in [7, 11) is 0. The molecule has 2 aromatic carbocycles. The summed E-state index contributed by atoms with van der Waals surface area (Å²) in [5.41, 5.74) is 2.28. The highest BCUT2D eigenvalue weighted by Crippen LogP contribution is 2.51. The summed E-state index contributed by atoms with van der Waals surface area (Å²) < 4.78 is 34.4. The number of benzene rings is 2. The number of rotatable bonds is 2. The van der Waals surface area contributed by atoms with E-state index in [1.54, 1.807) is 0 Å². The Hall–Kier alpha value is -2.44. The molecule has 2 saturated heterocycles. The maximum absolute atomic E-state index is 6.26. The van der Waals surface area contributed by atoms with Crippen molar-refractivity contribution in [2.24, 2.45) is 11.8 Å². The van der Waals surface area contributed by atoms with Crippen LogP contribution >= 0.6 is 0 Å². The highest BCUT2D eigenvalue weighted by Gasteiger charge is 2.46. The normalized spacial score (nSPS) is 30.4. The smallest absolute Gasteiger partial charge is 0.231 e. The fraction of sp³-hybridized carbons (Fsp3) is 0.429. The van der Waals surface area contributed by atoms with Crippen molar-refractivity contribution in [3.05, 3.63) is 47.5 Å². The molecule has 0 aromatic heterocycles. The molecule has 27 heavy (non-hydrogen) atoms. The third-order valence-corrected chi connectivity index (χ3v) is 5.99. The Kier molecular flexibility index (Phi) is 3.49. The Morgan fingerprint density at radius 1 is 0.630 bits per heavy atom. The van der Waals surface area contributed by atoms with Gasteiger partial charge in [0.15, 0.2) is 23.0 Å². The van der Waals surface area contributed by atoms with Crippen molar-refractivity contribution >= 4 is 0 Å². The first-order chi connectivity index (χ1) is 13.4. The van der Waals surface area contributed by atoms with Crippen molar-refractivity contribution in [3.63, 3.8) is 0 Å². The van der Waals surface area contributed by atoms with Crippen LogP contribution in [0, 0.1) is 11.8 Å². The van der Waals surface area contributed by atoms with Crippen LogP contribution in [0.5, 0.6) is 23.0 Å². The second kappa shape index (κ2) is 6.04. The Bertz CT molecular complexity index is 881. The molecule has 4 heterocycles. The van der Waals surface area contributed by atoms with Gasteiger partial charge in [-0.05, 0) is 47.7 Å². The van der Waals surface area contributed by atoms with E-state index in [0.717, 1.165) is 47.2 Å². The van der Waals surface area contributed by atoms with Crippen LogP contribution in [-0.2, 0) is 9.47 Å². The zero-order chi connectivity index (χ0) is 17.8. The molecule has 0 amide bonds. The average molecular weight is 368 g/mol. The predicted octanol–water partition coefficient (Wildman–Crippen LogP) is 3.61. The second-order valence-corrected chi connectivity index (χ2v) is 7.39. The summed E-state index contributed by atoms with van der Waals surface area (Å²) in [6.45, 7) is 1.98. The Labute approximate surface area is 156 Å². The lowest BCUT2D eigenvalue weighted by atomic mass is 9.78. The monoisotopic (exact) mass is 368 g/mol. The van der Waals surface area contributed by atoms with E-state index in [9.17, 15) is 0 Å². The van der Waals surface area contributed by atoms with E-state index in [-0.39, 0.29) is 25.8 Å². The van der Waals surface area contributed by atoms with Gasteiger partial charge in [0.05, 0.1) is 18.8 Å². The van der Waals surface area contributed by atoms with Gasteiger partial charge in [0.2, 0.25) is 13.6 Å². The van der Waals surface area contributed by atoms with Crippen molar-refractivity contribution in [3.8, 4) is 23.0 Å². The lowest BCUT2D eigenvalue weighted by Crippen LogP contribution is -2.30. The highest BCUT2D eigenvalue weighted by atomic mass is 16.7. The summed E-state index contributed by atoms with van der Waals surface area (Å²) in [5, 5.41) is 0. The van der Waals surface area contributed by atoms with E-state index in [4.69, 9.17) is 28.4 Å². The van der Waals surface area contributed by atoms with Crippen LogP contribution in [0.2, 0.25) is 0 Å². The molecule has 0 aliphatic carbocycles. The standard InChI is InChI=1S/C21H20O6/c1-3-16-18(26-10-24-16)7-12(1)20-14-5-6-22-21(15(14)9-23-20)13-2-4-17-19(8-13)27-11-25-17/h1-4,7-8,14-15,20-21H,5-6,9-11H2/t14?,15-,20+,21?/m1/s1. The first-order valence-corrected chi connectivity index (χ1v) is 9.39. The minimum atomic E-state index is 0.0114. The zero-order valence-electron chi connectivity index (χ0n) is 14.8. The summed E-state index contributed by atoms with van der Waals surface area (Å²) in [4.78, 5) is 0. The topological polar surface area (TPSA) is 55.4 Å². The Morgan fingerprint density at radius 2 is 1.22 bits per heavy atom. The largest absolute Gasteiger partial charge is 0.454 e. The van der Waals surface area contributed by atoms with Crippen molar-refractivity contribution < 1.29 is 28.4 Å². The predicted molar refractivity (Wildman–Crippen MR) is 94.1 cm³/mol. The van der Waals surface area contributed by atoms with Crippen molar-refractivity contribution in [1.29, 1.82) is 0 Å². The van der Waals surface area contributed by atoms with Gasteiger partial charge in [-0.2, -0.15) is 0 Å². The van der Waals surface area contributed by atoms with E-state index in [2.05, 4.69) is 18.2 Å². The number of hydrogen-bond acceptors (Lipinski definition) is 6. The zero-order valence-corrected chi connectivity index (χ0v) is 14.8. The molecule has 6 nitrogen and oxygen atoms in total. The van der Waals surface area contributed by atoms with Gasteiger partial charge in [-0.1, -0.05) is 12.1 Å². The fourth-order valence-electron chi connectivity index (χ4n) is 4.69. The fourth-order valence-corrected chi connectivity index (χ4v) is 4.69. The van der Waals surface area contributed by atoms with Gasteiger partial charge in [0.25, 0.3) is 0 Å². The molecular weight excluding hydrogens is 348 g/mol. The van der Waals surface area contributed by atoms with Crippen molar-refractivity contribution in [2.75, 3.05) is 26.8 Å². The number of hydrogen-bond donors (Lipinski definition) is 0. The molecule has 4 aliphatic heterocycles. The minimum Gasteiger partial charge on any atom is -0.454 e. The van der Waals surface area contributed by atoms with Gasteiger partial charge in [-0.25, -0.2) is 0 Å². The van der Waals surface area contributed by atoms with E-state index >= 15 is 0 Å². The average Bonchev–Trinajstić information content (AvgIpc) is 3.44. The number of fused-ring (bicyclic) bond motifs is 3. The summed E-state index contributed by atoms with van der Waals surface area (Å²) in [6, 6.07) is 12.2. The molecular formula is C21H20O6. The molecule has 0 radical (unpaired) electrons. The summed E-state index contributed by atoms with van der Waals surface area (Å²) >= 11 is 0. The first-order valence-electron chi connectivity index (χ1n) is 9.39. The SMILES string of the molecule is c1cc2c(cc1C1OCCC3[C@H]1CO[C@H]3c1ccc3c(c1)OCO3)OCO2. The molecule has 0 bridgehead atoms. The van der Waals surface area contributed by atoms with Gasteiger partial charge in [0.1, 0.15) is 0 Å². The molecule has 140 valence electrons. The second-order valence-electron chi connectivity index (χ2n) is 7.39. The van der Waals surface area contributed by atoms with Crippen LogP contribution in [0.25, 0.3) is 0 Å². The summed E-state index contributed by atoms with van der Waals surface area (Å²) in [6.07, 6.45) is 1.06.